The molecule has 2 aromatic carbocycles. The number of ether oxygens (including phenoxy) is 3. The molecular formula is C23H25N3O6S. The first kappa shape index (κ1) is 23.0. The van der Waals surface area contributed by atoms with Gasteiger partial charge in [0.1, 0.15) is 0 Å². The van der Waals surface area contributed by atoms with Gasteiger partial charge < -0.3 is 19.5 Å². The molecule has 0 radical (unpaired) electrons. The van der Waals surface area contributed by atoms with Crippen molar-refractivity contribution >= 4 is 15.9 Å². The second-order valence-electron chi connectivity index (χ2n) is 7.97. The van der Waals surface area contributed by atoms with E-state index in [1.807, 2.05) is 24.3 Å². The van der Waals surface area contributed by atoms with E-state index in [2.05, 4.69) is 10.0 Å². The molecule has 1 fully saturated rings. The number of nitrogens with zero attached hydrogens (tertiary/aromatic N) is 1. The highest BCUT2D eigenvalue weighted by atomic mass is 32.2. The van der Waals surface area contributed by atoms with E-state index < -0.39 is 10.0 Å². The van der Waals surface area contributed by atoms with Crippen LogP contribution in [-0.2, 0) is 20.2 Å². The van der Waals surface area contributed by atoms with Gasteiger partial charge in [-0.1, -0.05) is 6.07 Å². The van der Waals surface area contributed by atoms with Gasteiger partial charge >= 0.3 is 0 Å². The molecule has 0 atom stereocenters. The lowest BCUT2D eigenvalue weighted by molar-refractivity contribution is 0.0486. The van der Waals surface area contributed by atoms with Gasteiger partial charge in [-0.2, -0.15) is 5.26 Å². The molecule has 4 rings (SSSR count). The average Bonchev–Trinajstić information content (AvgIpc) is 3.31. The van der Waals surface area contributed by atoms with Gasteiger partial charge in [-0.15, -0.1) is 0 Å². The minimum Gasteiger partial charge on any atom is -0.454 e. The van der Waals surface area contributed by atoms with Crippen molar-refractivity contribution < 1.29 is 27.4 Å². The maximum Gasteiger partial charge on any atom is 0.251 e. The second-order valence-corrected chi connectivity index (χ2v) is 9.74. The number of sulfonamides is 1. The van der Waals surface area contributed by atoms with E-state index in [4.69, 9.17) is 19.5 Å². The number of nitrogens with one attached hydrogen (secondary N) is 2. The number of rotatable bonds is 8. The van der Waals surface area contributed by atoms with Crippen LogP contribution in [0.5, 0.6) is 11.5 Å². The predicted molar refractivity (Wildman–Crippen MR) is 118 cm³/mol. The van der Waals surface area contributed by atoms with Gasteiger partial charge in [-0.3, -0.25) is 4.79 Å². The Bertz CT molecular complexity index is 1150. The van der Waals surface area contributed by atoms with Gasteiger partial charge in [0, 0.05) is 43.7 Å². The van der Waals surface area contributed by atoms with Crippen molar-refractivity contribution in [3.8, 4) is 17.6 Å². The summed E-state index contributed by atoms with van der Waals surface area (Å²) < 4.78 is 43.4. The Kier molecular flexibility index (Phi) is 6.83. The third-order valence-corrected chi connectivity index (χ3v) is 7.45. The normalized spacial score (nSPS) is 16.7. The number of amides is 1. The fourth-order valence-corrected chi connectivity index (χ4v) is 5.05. The molecule has 9 nitrogen and oxygen atoms in total. The Labute approximate surface area is 192 Å². The summed E-state index contributed by atoms with van der Waals surface area (Å²) in [6.45, 7) is 1.83. The first-order chi connectivity index (χ1) is 15.9. The highest BCUT2D eigenvalue weighted by Gasteiger charge is 2.36. The molecule has 33 heavy (non-hydrogen) atoms. The maximum absolute atomic E-state index is 12.8. The Morgan fingerprint density at radius 1 is 1.06 bits per heavy atom. The van der Waals surface area contributed by atoms with Crippen LogP contribution in [0.2, 0.25) is 0 Å². The molecule has 0 spiro atoms. The molecule has 0 aromatic heterocycles. The van der Waals surface area contributed by atoms with Crippen molar-refractivity contribution in [2.45, 2.75) is 29.6 Å². The third-order valence-electron chi connectivity index (χ3n) is 5.98. The topological polar surface area (TPSA) is 127 Å². The number of nitriles is 1. The van der Waals surface area contributed by atoms with E-state index in [0.717, 1.165) is 18.4 Å². The van der Waals surface area contributed by atoms with Crippen LogP contribution in [0.1, 0.15) is 35.2 Å². The molecule has 2 N–H and O–H groups in total. The first-order valence-corrected chi connectivity index (χ1v) is 12.1. The van der Waals surface area contributed by atoms with Crippen LogP contribution < -0.4 is 19.5 Å². The van der Waals surface area contributed by atoms with Crippen LogP contribution in [0.3, 0.4) is 0 Å². The minimum atomic E-state index is -3.72. The molecule has 174 valence electrons. The van der Waals surface area contributed by atoms with E-state index in [0.29, 0.717) is 36.8 Å². The lowest BCUT2D eigenvalue weighted by Gasteiger charge is -2.38. The van der Waals surface area contributed by atoms with Crippen LogP contribution in [0.4, 0.5) is 0 Å². The van der Waals surface area contributed by atoms with E-state index in [9.17, 15) is 13.2 Å². The van der Waals surface area contributed by atoms with Gasteiger partial charge in [0.2, 0.25) is 16.8 Å². The molecule has 10 heteroatoms. The Morgan fingerprint density at radius 2 is 1.79 bits per heavy atom. The lowest BCUT2D eigenvalue weighted by Crippen LogP contribution is -2.44. The summed E-state index contributed by atoms with van der Waals surface area (Å²) in [5.74, 6) is 1.12. The molecule has 0 aliphatic carbocycles. The molecule has 2 aromatic rings. The Balaban J connectivity index is 1.45. The molecule has 0 unspecified atom stereocenters. The van der Waals surface area contributed by atoms with Gasteiger partial charge in [0.25, 0.3) is 5.91 Å². The van der Waals surface area contributed by atoms with Crippen LogP contribution in [0.15, 0.2) is 47.4 Å². The van der Waals surface area contributed by atoms with E-state index in [-0.39, 0.29) is 36.0 Å². The predicted octanol–water partition coefficient (Wildman–Crippen LogP) is 2.09. The molecule has 2 aliphatic rings. The summed E-state index contributed by atoms with van der Waals surface area (Å²) >= 11 is 0. The minimum absolute atomic E-state index is 0.0345. The standard InChI is InChI=1S/C23H25N3O6S/c24-10-1-11-26-33(28,29)19-5-2-17(3-6-19)22(27)25-15-23(8-12-30-13-9-23)18-4-7-20-21(14-18)32-16-31-20/h2-7,14,26H,1,8-9,11-13,15-16H2,(H,25,27). The van der Waals surface area contributed by atoms with Crippen LogP contribution in [0.25, 0.3) is 0 Å². The highest BCUT2D eigenvalue weighted by molar-refractivity contribution is 7.89. The zero-order valence-corrected chi connectivity index (χ0v) is 18.8. The third kappa shape index (κ3) is 5.11. The number of fused-ring (bicyclic) bond motifs is 1. The van der Waals surface area contributed by atoms with Crippen molar-refractivity contribution in [2.24, 2.45) is 0 Å². The Hall–Kier alpha value is -3.13. The van der Waals surface area contributed by atoms with Gasteiger partial charge in [-0.25, -0.2) is 13.1 Å². The highest BCUT2D eigenvalue weighted by Crippen LogP contribution is 2.40. The smallest absolute Gasteiger partial charge is 0.251 e. The fourth-order valence-electron chi connectivity index (χ4n) is 4.02. The Morgan fingerprint density at radius 3 is 2.52 bits per heavy atom. The average molecular weight is 472 g/mol. The summed E-state index contributed by atoms with van der Waals surface area (Å²) in [5.41, 5.74) is 1.11. The molecule has 1 saturated heterocycles. The van der Waals surface area contributed by atoms with Crippen LogP contribution in [-0.4, -0.2) is 47.4 Å². The number of carbonyl (C=O) groups excluding carboxylic acids is 1. The number of hydrogen-bond acceptors (Lipinski definition) is 7. The fraction of sp³-hybridized carbons (Fsp3) is 0.391. The quantitative estimate of drug-likeness (QED) is 0.565. The van der Waals surface area contributed by atoms with Crippen molar-refractivity contribution in [2.75, 3.05) is 33.1 Å². The number of carbonyl (C=O) groups is 1. The monoisotopic (exact) mass is 471 g/mol. The SMILES string of the molecule is N#CCCNS(=O)(=O)c1ccc(C(=O)NCC2(c3ccc4c(c3)OCO4)CCOCC2)cc1. The van der Waals surface area contributed by atoms with Crippen molar-refractivity contribution in [3.63, 3.8) is 0 Å². The number of hydrogen-bond donors (Lipinski definition) is 2. The van der Waals surface area contributed by atoms with Gasteiger partial charge in [0.05, 0.1) is 11.0 Å². The van der Waals surface area contributed by atoms with Gasteiger partial charge in [0.15, 0.2) is 11.5 Å². The van der Waals surface area contributed by atoms with E-state index in [1.165, 1.54) is 24.3 Å². The maximum atomic E-state index is 12.8. The van der Waals surface area contributed by atoms with Crippen molar-refractivity contribution in [3.05, 3.63) is 53.6 Å². The summed E-state index contributed by atoms with van der Waals surface area (Å²) in [6.07, 6.45) is 1.58. The molecule has 2 aliphatic heterocycles. The van der Waals surface area contributed by atoms with Gasteiger partial charge in [-0.05, 0) is 54.8 Å². The van der Waals surface area contributed by atoms with Crippen LogP contribution in [0, 0.1) is 11.3 Å². The van der Waals surface area contributed by atoms with E-state index >= 15 is 0 Å². The number of benzene rings is 2. The first-order valence-electron chi connectivity index (χ1n) is 10.7. The molecule has 0 bridgehead atoms. The second kappa shape index (κ2) is 9.79. The summed E-state index contributed by atoms with van der Waals surface area (Å²) in [4.78, 5) is 12.9. The molecule has 0 saturated carbocycles. The van der Waals surface area contributed by atoms with E-state index in [1.54, 1.807) is 0 Å². The zero-order valence-electron chi connectivity index (χ0n) is 18.0. The molecule has 1 amide bonds. The summed E-state index contributed by atoms with van der Waals surface area (Å²) in [7, 11) is -3.72. The molecular weight excluding hydrogens is 446 g/mol. The van der Waals surface area contributed by atoms with Crippen LogP contribution >= 0.6 is 0 Å². The largest absolute Gasteiger partial charge is 0.454 e. The van der Waals surface area contributed by atoms with Crippen molar-refractivity contribution in [1.29, 1.82) is 5.26 Å². The summed E-state index contributed by atoms with van der Waals surface area (Å²) in [6, 6.07) is 13.5. The lowest BCUT2D eigenvalue weighted by atomic mass is 9.74. The zero-order chi connectivity index (χ0) is 23.3. The van der Waals surface area contributed by atoms with Crippen molar-refractivity contribution in [1.82, 2.24) is 10.0 Å². The summed E-state index contributed by atoms with van der Waals surface area (Å²) in [5, 5.41) is 11.6. The molecule has 2 heterocycles.